The van der Waals surface area contributed by atoms with Crippen molar-refractivity contribution < 1.29 is 14.6 Å². The van der Waals surface area contributed by atoms with E-state index < -0.39 is 5.60 Å². The minimum absolute atomic E-state index is 0.221. The molecule has 3 aliphatic rings. The first-order chi connectivity index (χ1) is 14.9. The summed E-state index contributed by atoms with van der Waals surface area (Å²) in [6.07, 6.45) is 9.91. The number of anilines is 1. The molecular formula is C25H39N3O3. The van der Waals surface area contributed by atoms with E-state index in [0.29, 0.717) is 12.3 Å². The predicted molar refractivity (Wildman–Crippen MR) is 123 cm³/mol. The summed E-state index contributed by atoms with van der Waals surface area (Å²) in [5.74, 6) is 3.70. The van der Waals surface area contributed by atoms with Crippen LogP contribution in [0.4, 0.5) is 5.82 Å². The van der Waals surface area contributed by atoms with Crippen LogP contribution in [0.3, 0.4) is 0 Å². The van der Waals surface area contributed by atoms with Gasteiger partial charge < -0.3 is 14.7 Å². The second-order valence-corrected chi connectivity index (χ2v) is 10.4. The fourth-order valence-electron chi connectivity index (χ4n) is 5.52. The quantitative estimate of drug-likeness (QED) is 0.683. The molecule has 0 atom stereocenters. The number of aromatic nitrogens is 1. The highest BCUT2D eigenvalue weighted by Gasteiger charge is 2.27. The summed E-state index contributed by atoms with van der Waals surface area (Å²) < 4.78 is 5.70. The van der Waals surface area contributed by atoms with Crippen LogP contribution in [-0.4, -0.2) is 65.7 Å². The summed E-state index contributed by atoms with van der Waals surface area (Å²) in [7, 11) is 0. The van der Waals surface area contributed by atoms with Gasteiger partial charge in [-0.15, -0.1) is 0 Å². The molecule has 1 N–H and O–H groups in total. The van der Waals surface area contributed by atoms with Crippen LogP contribution < -0.4 is 9.64 Å². The third-order valence-electron chi connectivity index (χ3n) is 7.24. The molecule has 0 aromatic carbocycles. The summed E-state index contributed by atoms with van der Waals surface area (Å²) in [5, 5.41) is 9.84. The fourth-order valence-corrected chi connectivity index (χ4v) is 5.52. The molecule has 2 fully saturated rings. The second-order valence-electron chi connectivity index (χ2n) is 10.4. The normalized spacial score (nSPS) is 24.7. The van der Waals surface area contributed by atoms with Gasteiger partial charge >= 0.3 is 0 Å². The second kappa shape index (κ2) is 9.86. The number of nitrogens with zero attached hydrogens (tertiary/aromatic N) is 3. The number of aliphatic hydroxyl groups is 1. The minimum Gasteiger partial charge on any atom is -0.493 e. The van der Waals surface area contributed by atoms with Crippen molar-refractivity contribution >= 4 is 11.6 Å². The van der Waals surface area contributed by atoms with Crippen LogP contribution in [0, 0.1) is 11.8 Å². The lowest BCUT2D eigenvalue weighted by molar-refractivity contribution is -0.124. The Labute approximate surface area is 187 Å². The van der Waals surface area contributed by atoms with E-state index in [4.69, 9.17) is 4.74 Å². The molecule has 31 heavy (non-hydrogen) atoms. The molecule has 6 nitrogen and oxygen atoms in total. The van der Waals surface area contributed by atoms with Gasteiger partial charge in [-0.3, -0.25) is 9.69 Å². The number of carbonyl (C=O) groups excluding carboxylic acids is 1. The average molecular weight is 430 g/mol. The molecule has 1 aliphatic carbocycles. The van der Waals surface area contributed by atoms with Crippen LogP contribution in [0.25, 0.3) is 0 Å². The van der Waals surface area contributed by atoms with Gasteiger partial charge in [-0.2, -0.15) is 0 Å². The Balaban J connectivity index is 1.15. The van der Waals surface area contributed by atoms with Crippen LogP contribution >= 0.6 is 0 Å². The Morgan fingerprint density at radius 3 is 2.58 bits per heavy atom. The van der Waals surface area contributed by atoms with E-state index in [1.807, 2.05) is 12.3 Å². The van der Waals surface area contributed by atoms with E-state index in [-0.39, 0.29) is 12.2 Å². The van der Waals surface area contributed by atoms with Crippen LogP contribution in [0.1, 0.15) is 64.4 Å². The van der Waals surface area contributed by atoms with Crippen molar-refractivity contribution in [3.05, 3.63) is 17.8 Å². The third kappa shape index (κ3) is 6.19. The maximum absolute atomic E-state index is 12.2. The Morgan fingerprint density at radius 2 is 1.87 bits per heavy atom. The number of carbonyl (C=O) groups is 1. The van der Waals surface area contributed by atoms with Gasteiger partial charge in [0.1, 0.15) is 17.4 Å². The van der Waals surface area contributed by atoms with Gasteiger partial charge in [0.25, 0.3) is 0 Å². The SMILES string of the molecule is CC(C)(O)CC(=O)CC1CCC(CCN2CCN(c3nccc4c3CCO4)CC2)CC1. The number of fused-ring (bicyclic) bond motifs is 1. The summed E-state index contributed by atoms with van der Waals surface area (Å²) in [5.41, 5.74) is 0.414. The first-order valence-corrected chi connectivity index (χ1v) is 12.2. The first kappa shape index (κ1) is 22.5. The number of Topliss-reactive ketones (excluding diaryl/α,β-unsaturated/α-hetero) is 1. The van der Waals surface area contributed by atoms with Gasteiger partial charge in [0.15, 0.2) is 0 Å². The van der Waals surface area contributed by atoms with Gasteiger partial charge in [-0.05, 0) is 57.6 Å². The molecule has 3 heterocycles. The van der Waals surface area contributed by atoms with E-state index in [1.54, 1.807) is 13.8 Å². The standard InChI is InChI=1S/C25H39N3O3/c1-25(2,30)18-21(29)17-20-5-3-19(4-6-20)8-11-27-12-14-28(15-13-27)24-22-9-16-31-23(22)7-10-26-24/h7,10,19-20,30H,3-6,8-9,11-18H2,1-2H3. The molecule has 6 heteroatoms. The Morgan fingerprint density at radius 1 is 1.16 bits per heavy atom. The number of ketones is 1. The highest BCUT2D eigenvalue weighted by molar-refractivity contribution is 5.79. The predicted octanol–water partition coefficient (Wildman–Crippen LogP) is 3.46. The first-order valence-electron chi connectivity index (χ1n) is 12.2. The van der Waals surface area contributed by atoms with Crippen LogP contribution in [0.15, 0.2) is 12.3 Å². The van der Waals surface area contributed by atoms with E-state index in [9.17, 15) is 9.90 Å². The summed E-state index contributed by atoms with van der Waals surface area (Å²) in [4.78, 5) is 21.8. The number of pyridine rings is 1. The lowest BCUT2D eigenvalue weighted by Gasteiger charge is -2.37. The van der Waals surface area contributed by atoms with Crippen molar-refractivity contribution in [2.24, 2.45) is 11.8 Å². The summed E-state index contributed by atoms with van der Waals surface area (Å²) in [6, 6.07) is 1.99. The third-order valence-corrected chi connectivity index (χ3v) is 7.24. The molecule has 1 aromatic heterocycles. The zero-order valence-corrected chi connectivity index (χ0v) is 19.3. The molecule has 4 rings (SSSR count). The van der Waals surface area contributed by atoms with Crippen LogP contribution in [0.5, 0.6) is 5.75 Å². The number of hydrogen-bond donors (Lipinski definition) is 1. The van der Waals surface area contributed by atoms with Gasteiger partial charge in [-0.25, -0.2) is 4.98 Å². The van der Waals surface area contributed by atoms with Crippen molar-refractivity contribution in [3.8, 4) is 5.75 Å². The lowest BCUT2D eigenvalue weighted by atomic mass is 9.78. The van der Waals surface area contributed by atoms with E-state index in [1.165, 1.54) is 44.2 Å². The van der Waals surface area contributed by atoms with Gasteiger partial charge in [0.2, 0.25) is 0 Å². The van der Waals surface area contributed by atoms with Crippen molar-refractivity contribution in [1.82, 2.24) is 9.88 Å². The fraction of sp³-hybridized carbons (Fsp3) is 0.760. The molecule has 0 radical (unpaired) electrons. The molecular weight excluding hydrogens is 390 g/mol. The van der Waals surface area contributed by atoms with Crippen molar-refractivity contribution in [3.63, 3.8) is 0 Å². The Bertz CT molecular complexity index is 745. The smallest absolute Gasteiger partial charge is 0.136 e. The van der Waals surface area contributed by atoms with Crippen molar-refractivity contribution in [2.75, 3.05) is 44.2 Å². The summed E-state index contributed by atoms with van der Waals surface area (Å²) in [6.45, 7) is 9.70. The number of piperazine rings is 1. The van der Waals surface area contributed by atoms with Crippen molar-refractivity contribution in [2.45, 2.75) is 70.8 Å². The number of hydrogen-bond acceptors (Lipinski definition) is 6. The largest absolute Gasteiger partial charge is 0.493 e. The van der Waals surface area contributed by atoms with E-state index in [0.717, 1.165) is 56.7 Å². The zero-order valence-electron chi connectivity index (χ0n) is 19.3. The topological polar surface area (TPSA) is 65.9 Å². The molecule has 172 valence electrons. The van der Waals surface area contributed by atoms with E-state index in [2.05, 4.69) is 14.8 Å². The number of rotatable bonds is 8. The highest BCUT2D eigenvalue weighted by Crippen LogP contribution is 2.34. The molecule has 2 aliphatic heterocycles. The molecule has 1 saturated heterocycles. The Kier molecular flexibility index (Phi) is 7.17. The van der Waals surface area contributed by atoms with Crippen molar-refractivity contribution in [1.29, 1.82) is 0 Å². The molecule has 0 spiro atoms. The maximum atomic E-state index is 12.2. The minimum atomic E-state index is -0.872. The number of ether oxygens (including phenoxy) is 1. The lowest BCUT2D eigenvalue weighted by Crippen LogP contribution is -2.47. The zero-order chi connectivity index (χ0) is 21.8. The molecule has 0 amide bonds. The molecule has 1 saturated carbocycles. The molecule has 1 aromatic rings. The van der Waals surface area contributed by atoms with Gasteiger partial charge in [0.05, 0.1) is 12.2 Å². The van der Waals surface area contributed by atoms with E-state index >= 15 is 0 Å². The molecule has 0 unspecified atom stereocenters. The van der Waals surface area contributed by atoms with Gasteiger partial charge in [0, 0.05) is 57.2 Å². The van der Waals surface area contributed by atoms with Gasteiger partial charge in [-0.1, -0.05) is 12.8 Å². The van der Waals surface area contributed by atoms with Crippen LogP contribution in [-0.2, 0) is 11.2 Å². The average Bonchev–Trinajstić information content (AvgIpc) is 3.21. The Hall–Kier alpha value is -1.66. The highest BCUT2D eigenvalue weighted by atomic mass is 16.5. The molecule has 0 bridgehead atoms. The van der Waals surface area contributed by atoms with Crippen LogP contribution in [0.2, 0.25) is 0 Å². The maximum Gasteiger partial charge on any atom is 0.136 e. The monoisotopic (exact) mass is 429 g/mol. The summed E-state index contributed by atoms with van der Waals surface area (Å²) >= 11 is 0.